The molecule has 1 N–H and O–H groups in total. The van der Waals surface area contributed by atoms with Crippen molar-refractivity contribution in [1.82, 2.24) is 4.90 Å². The summed E-state index contributed by atoms with van der Waals surface area (Å²) in [6.45, 7) is 5.83. The van der Waals surface area contributed by atoms with E-state index in [-0.39, 0.29) is 11.9 Å². The highest BCUT2D eigenvalue weighted by Crippen LogP contribution is 2.24. The second-order valence-electron chi connectivity index (χ2n) is 4.17. The summed E-state index contributed by atoms with van der Waals surface area (Å²) < 4.78 is 4.63. The van der Waals surface area contributed by atoms with Gasteiger partial charge in [0.15, 0.2) is 0 Å². The van der Waals surface area contributed by atoms with Crippen LogP contribution in [0, 0.1) is 5.92 Å². The van der Waals surface area contributed by atoms with Crippen molar-refractivity contribution in [3.05, 3.63) is 0 Å². The lowest BCUT2D eigenvalue weighted by molar-refractivity contribution is -0.149. The number of ether oxygens (including phenoxy) is 1. The lowest BCUT2D eigenvalue weighted by atomic mass is 9.90. The first-order chi connectivity index (χ1) is 6.50. The number of carbonyl (C=O) groups excluding carboxylic acids is 1. The minimum atomic E-state index is -0.518. The largest absolute Gasteiger partial charge is 0.469 e. The number of esters is 1. The molecule has 0 aliphatic carbocycles. The molecule has 1 atom stereocenters. The van der Waals surface area contributed by atoms with E-state index in [1.165, 1.54) is 7.11 Å². The molecular weight excluding hydrogens is 182 g/mol. The molecule has 0 bridgehead atoms. The van der Waals surface area contributed by atoms with Crippen molar-refractivity contribution in [1.29, 1.82) is 0 Å². The Balaban J connectivity index is 2.26. The van der Waals surface area contributed by atoms with Crippen molar-refractivity contribution < 1.29 is 14.6 Å². The van der Waals surface area contributed by atoms with Crippen molar-refractivity contribution in [2.45, 2.75) is 25.9 Å². The van der Waals surface area contributed by atoms with Crippen molar-refractivity contribution in [2.24, 2.45) is 5.92 Å². The van der Waals surface area contributed by atoms with Crippen LogP contribution in [-0.4, -0.2) is 48.3 Å². The topological polar surface area (TPSA) is 49.8 Å². The number of β-amino-alcohol motifs (C(OH)–C–C–N with tert-alkyl or cyclic N) is 1. The fourth-order valence-electron chi connectivity index (χ4n) is 1.80. The van der Waals surface area contributed by atoms with Gasteiger partial charge in [0, 0.05) is 19.6 Å². The van der Waals surface area contributed by atoms with E-state index < -0.39 is 5.60 Å². The van der Waals surface area contributed by atoms with E-state index in [0.29, 0.717) is 19.6 Å². The van der Waals surface area contributed by atoms with Crippen molar-refractivity contribution in [3.63, 3.8) is 0 Å². The molecule has 1 saturated heterocycles. The molecular formula is C10H19NO3. The van der Waals surface area contributed by atoms with Gasteiger partial charge >= 0.3 is 5.97 Å². The number of aliphatic hydroxyl groups is 1. The predicted octanol–water partition coefficient (Wildman–Crippen LogP) is 0.252. The van der Waals surface area contributed by atoms with Gasteiger partial charge in [0.25, 0.3) is 0 Å². The summed E-state index contributed by atoms with van der Waals surface area (Å²) >= 11 is 0. The highest BCUT2D eigenvalue weighted by Gasteiger charge is 2.40. The standard InChI is InChI=1S/C10H19NO3/c1-4-10(13)6-11(7-10)5-8(2)9(12)14-3/h8,13H,4-7H2,1-3H3. The van der Waals surface area contributed by atoms with E-state index in [1.807, 2.05) is 13.8 Å². The highest BCUT2D eigenvalue weighted by molar-refractivity contribution is 5.72. The molecule has 14 heavy (non-hydrogen) atoms. The van der Waals surface area contributed by atoms with Crippen LogP contribution in [0.1, 0.15) is 20.3 Å². The third kappa shape index (κ3) is 2.45. The smallest absolute Gasteiger partial charge is 0.309 e. The SMILES string of the molecule is CCC1(O)CN(CC(C)C(=O)OC)C1. The van der Waals surface area contributed by atoms with Crippen LogP contribution < -0.4 is 0 Å². The number of methoxy groups -OCH3 is 1. The maximum Gasteiger partial charge on any atom is 0.309 e. The van der Waals surface area contributed by atoms with Gasteiger partial charge in [-0.1, -0.05) is 13.8 Å². The van der Waals surface area contributed by atoms with E-state index >= 15 is 0 Å². The van der Waals surface area contributed by atoms with Gasteiger partial charge in [-0.25, -0.2) is 0 Å². The number of nitrogens with zero attached hydrogens (tertiary/aromatic N) is 1. The summed E-state index contributed by atoms with van der Waals surface area (Å²) in [5.74, 6) is -0.293. The number of likely N-dealkylation sites (tertiary alicyclic amines) is 1. The zero-order valence-corrected chi connectivity index (χ0v) is 9.12. The second-order valence-corrected chi connectivity index (χ2v) is 4.17. The lowest BCUT2D eigenvalue weighted by Gasteiger charge is -2.46. The Morgan fingerprint density at radius 3 is 2.64 bits per heavy atom. The molecule has 0 spiro atoms. The van der Waals surface area contributed by atoms with E-state index in [0.717, 1.165) is 6.42 Å². The average molecular weight is 201 g/mol. The number of carbonyl (C=O) groups is 1. The third-order valence-electron chi connectivity index (χ3n) is 2.83. The van der Waals surface area contributed by atoms with Crippen LogP contribution >= 0.6 is 0 Å². The predicted molar refractivity (Wildman–Crippen MR) is 52.9 cm³/mol. The molecule has 82 valence electrons. The summed E-state index contributed by atoms with van der Waals surface area (Å²) in [4.78, 5) is 13.2. The van der Waals surface area contributed by atoms with Crippen molar-refractivity contribution >= 4 is 5.97 Å². The van der Waals surface area contributed by atoms with Gasteiger partial charge in [0.2, 0.25) is 0 Å². The van der Waals surface area contributed by atoms with Gasteiger partial charge in [-0.2, -0.15) is 0 Å². The Hall–Kier alpha value is -0.610. The maximum atomic E-state index is 11.1. The Labute approximate surface area is 84.8 Å². The minimum absolute atomic E-state index is 0.110. The van der Waals surface area contributed by atoms with E-state index in [2.05, 4.69) is 9.64 Å². The van der Waals surface area contributed by atoms with Gasteiger partial charge in [0.1, 0.15) is 0 Å². The molecule has 0 saturated carbocycles. The van der Waals surface area contributed by atoms with Gasteiger partial charge in [-0.05, 0) is 6.42 Å². The van der Waals surface area contributed by atoms with E-state index in [1.54, 1.807) is 0 Å². The summed E-state index contributed by atoms with van der Waals surface area (Å²) in [5.41, 5.74) is -0.518. The molecule has 0 amide bonds. The van der Waals surface area contributed by atoms with Crippen LogP contribution in [0.15, 0.2) is 0 Å². The van der Waals surface area contributed by atoms with Gasteiger partial charge < -0.3 is 9.84 Å². The van der Waals surface area contributed by atoms with Crippen molar-refractivity contribution in [2.75, 3.05) is 26.7 Å². The summed E-state index contributed by atoms with van der Waals surface area (Å²) in [5, 5.41) is 9.74. The number of hydrogen-bond acceptors (Lipinski definition) is 4. The fourth-order valence-corrected chi connectivity index (χ4v) is 1.80. The Bertz CT molecular complexity index is 211. The normalized spacial score (nSPS) is 22.6. The fraction of sp³-hybridized carbons (Fsp3) is 0.900. The molecule has 0 aromatic heterocycles. The van der Waals surface area contributed by atoms with Gasteiger partial charge in [-0.15, -0.1) is 0 Å². The molecule has 4 heteroatoms. The molecule has 4 nitrogen and oxygen atoms in total. The van der Waals surface area contributed by atoms with Crippen LogP contribution in [-0.2, 0) is 9.53 Å². The summed E-state index contributed by atoms with van der Waals surface area (Å²) in [6.07, 6.45) is 0.774. The molecule has 1 heterocycles. The first-order valence-electron chi connectivity index (χ1n) is 5.03. The van der Waals surface area contributed by atoms with Crippen LogP contribution in [0.3, 0.4) is 0 Å². The Kier molecular flexibility index (Phi) is 3.50. The number of rotatable bonds is 4. The molecule has 1 aliphatic heterocycles. The number of hydrogen-bond donors (Lipinski definition) is 1. The second kappa shape index (κ2) is 4.28. The Morgan fingerprint density at radius 1 is 1.64 bits per heavy atom. The molecule has 0 aromatic carbocycles. The van der Waals surface area contributed by atoms with Crippen LogP contribution in [0.4, 0.5) is 0 Å². The minimum Gasteiger partial charge on any atom is -0.469 e. The first-order valence-corrected chi connectivity index (χ1v) is 5.03. The van der Waals surface area contributed by atoms with Crippen molar-refractivity contribution in [3.8, 4) is 0 Å². The lowest BCUT2D eigenvalue weighted by Crippen LogP contribution is -2.62. The quantitative estimate of drug-likeness (QED) is 0.662. The third-order valence-corrected chi connectivity index (χ3v) is 2.83. The molecule has 1 fully saturated rings. The Morgan fingerprint density at radius 2 is 2.21 bits per heavy atom. The van der Waals surface area contributed by atoms with Crippen LogP contribution in [0.25, 0.3) is 0 Å². The van der Waals surface area contributed by atoms with E-state index in [9.17, 15) is 9.90 Å². The zero-order valence-electron chi connectivity index (χ0n) is 9.12. The average Bonchev–Trinajstić information content (AvgIpc) is 2.13. The summed E-state index contributed by atoms with van der Waals surface area (Å²) in [7, 11) is 1.40. The van der Waals surface area contributed by atoms with Crippen LogP contribution in [0.2, 0.25) is 0 Å². The van der Waals surface area contributed by atoms with Gasteiger partial charge in [0.05, 0.1) is 18.6 Å². The first kappa shape index (κ1) is 11.5. The van der Waals surface area contributed by atoms with Gasteiger partial charge in [-0.3, -0.25) is 9.69 Å². The molecule has 1 rings (SSSR count). The summed E-state index contributed by atoms with van der Waals surface area (Å²) in [6, 6.07) is 0. The van der Waals surface area contributed by atoms with Crippen LogP contribution in [0.5, 0.6) is 0 Å². The maximum absolute atomic E-state index is 11.1. The molecule has 1 aliphatic rings. The monoisotopic (exact) mass is 201 g/mol. The molecule has 0 radical (unpaired) electrons. The van der Waals surface area contributed by atoms with E-state index in [4.69, 9.17) is 0 Å². The highest BCUT2D eigenvalue weighted by atomic mass is 16.5. The molecule has 1 unspecified atom stereocenters. The molecule has 0 aromatic rings. The zero-order chi connectivity index (χ0) is 10.8.